The summed E-state index contributed by atoms with van der Waals surface area (Å²) in [7, 11) is 0.764. The average molecular weight is 1360 g/mol. The van der Waals surface area contributed by atoms with Gasteiger partial charge >= 0.3 is 66.5 Å². The Hall–Kier alpha value is -6.36. The SMILES string of the molecule is CN(C)[C@H](c1ccccc1)c1cc[cH-]c1P(c1cc(C(F)(F)F)cc(C(F)(F)F)c1)c1cc(C(F)(F)F)cc(C(F)(F)F)c1.CN(C)[C@H](c1ccccc1)c1cc[cH-]c1P(c1cc(C(F)(F)F)cc(C(F)(F)F)c1)c1cc(C(F)(F)F)cc(C(F)(F)F)c1.[Fe+2]. The van der Waals surface area contributed by atoms with Crippen LogP contribution >= 0.6 is 15.8 Å². The van der Waals surface area contributed by atoms with Crippen LogP contribution in [0.4, 0.5) is 105 Å². The molecule has 0 saturated heterocycles. The Morgan fingerprint density at radius 3 is 0.652 bits per heavy atom. The molecule has 0 aromatic heterocycles. The van der Waals surface area contributed by atoms with Crippen molar-refractivity contribution in [1.29, 1.82) is 0 Å². The molecule has 0 saturated carbocycles. The Labute approximate surface area is 504 Å². The van der Waals surface area contributed by atoms with E-state index in [9.17, 15) is 105 Å². The fraction of sp³-hybridized carbons (Fsp3) is 0.233. The van der Waals surface area contributed by atoms with E-state index >= 15 is 0 Å². The molecule has 478 valence electrons. The maximum Gasteiger partial charge on any atom is 2.00 e. The number of hydrogen-bond donors (Lipinski definition) is 0. The van der Waals surface area contributed by atoms with Crippen molar-refractivity contribution in [3.05, 3.63) is 237 Å². The van der Waals surface area contributed by atoms with Crippen LogP contribution in [-0.4, -0.2) is 38.0 Å². The van der Waals surface area contributed by atoms with Gasteiger partial charge in [0.25, 0.3) is 0 Å². The molecule has 2 atom stereocenters. The van der Waals surface area contributed by atoms with Crippen LogP contribution in [0.15, 0.2) is 170 Å². The summed E-state index contributed by atoms with van der Waals surface area (Å²) in [6.45, 7) is 0. The molecule has 8 rings (SSSR count). The number of halogens is 24. The first-order chi connectivity index (χ1) is 40.3. The van der Waals surface area contributed by atoms with Gasteiger partial charge in [-0.15, -0.1) is 10.6 Å². The van der Waals surface area contributed by atoms with Crippen LogP contribution in [0.25, 0.3) is 0 Å². The van der Waals surface area contributed by atoms with Crippen LogP contribution < -0.4 is 31.8 Å². The van der Waals surface area contributed by atoms with Gasteiger partial charge in [-0.2, -0.15) is 141 Å². The summed E-state index contributed by atoms with van der Waals surface area (Å²) >= 11 is 0. The van der Waals surface area contributed by atoms with Gasteiger partial charge in [-0.05, 0) is 149 Å². The molecule has 0 radical (unpaired) electrons. The summed E-state index contributed by atoms with van der Waals surface area (Å²) in [6, 6.07) is 25.9. The number of nitrogens with zero attached hydrogens (tertiary/aromatic N) is 2. The Balaban J connectivity index is 0.000000281. The molecule has 0 aliphatic rings. The predicted molar refractivity (Wildman–Crippen MR) is 285 cm³/mol. The van der Waals surface area contributed by atoms with Gasteiger partial charge in [-0.3, -0.25) is 0 Å². The molecule has 0 heterocycles. The van der Waals surface area contributed by atoms with Gasteiger partial charge in [0, 0.05) is 12.1 Å². The zero-order valence-corrected chi connectivity index (χ0v) is 48.4. The summed E-state index contributed by atoms with van der Waals surface area (Å²) in [5.41, 5.74) is -12.2. The Morgan fingerprint density at radius 2 is 0.483 bits per heavy atom. The first-order valence-corrected chi connectivity index (χ1v) is 27.8. The second kappa shape index (κ2) is 26.5. The molecule has 89 heavy (non-hydrogen) atoms. The van der Waals surface area contributed by atoms with E-state index in [1.165, 1.54) is 36.4 Å². The number of benzene rings is 6. The van der Waals surface area contributed by atoms with Crippen molar-refractivity contribution in [1.82, 2.24) is 9.80 Å². The van der Waals surface area contributed by atoms with Gasteiger partial charge in [0.2, 0.25) is 0 Å². The normalized spacial score (nSPS) is 13.8. The third-order valence-electron chi connectivity index (χ3n) is 13.3. The maximum atomic E-state index is 13.9. The van der Waals surface area contributed by atoms with E-state index in [-0.39, 0.29) is 63.1 Å². The second-order valence-corrected chi connectivity index (χ2v) is 24.4. The largest absolute Gasteiger partial charge is 2.00 e. The van der Waals surface area contributed by atoms with Gasteiger partial charge in [-0.1, -0.05) is 60.7 Å². The molecule has 0 amide bonds. The summed E-state index contributed by atoms with van der Waals surface area (Å²) in [4.78, 5) is 3.31. The molecule has 29 heteroatoms. The average Bonchev–Trinajstić information content (AvgIpc) is 1.84. The van der Waals surface area contributed by atoms with E-state index < -0.39 is 143 Å². The molecular weight excluding hydrogens is 1320 g/mol. The van der Waals surface area contributed by atoms with Gasteiger partial charge in [-0.25, -0.2) is 12.1 Å². The van der Waals surface area contributed by atoms with E-state index in [0.717, 1.165) is 0 Å². The smallest absolute Gasteiger partial charge is 0.310 e. The van der Waals surface area contributed by atoms with Crippen molar-refractivity contribution in [2.45, 2.75) is 61.5 Å². The van der Waals surface area contributed by atoms with Crippen LogP contribution in [0.1, 0.15) is 78.8 Å². The van der Waals surface area contributed by atoms with Crippen LogP contribution in [0.2, 0.25) is 0 Å². The van der Waals surface area contributed by atoms with Crippen LogP contribution in [0.5, 0.6) is 0 Å². The van der Waals surface area contributed by atoms with Crippen molar-refractivity contribution in [3.8, 4) is 0 Å². The quantitative estimate of drug-likeness (QED) is 0.0521. The number of hydrogen-bond acceptors (Lipinski definition) is 2. The van der Waals surface area contributed by atoms with Crippen molar-refractivity contribution >= 4 is 47.7 Å². The number of alkyl halides is 24. The van der Waals surface area contributed by atoms with E-state index in [0.29, 0.717) is 59.7 Å². The topological polar surface area (TPSA) is 6.48 Å². The molecule has 0 aliphatic carbocycles. The van der Waals surface area contributed by atoms with E-state index in [4.69, 9.17) is 0 Å². The van der Waals surface area contributed by atoms with Crippen LogP contribution in [0, 0.1) is 0 Å². The third kappa shape index (κ3) is 17.2. The molecule has 0 fully saturated rings. The monoisotopic (exact) mass is 1360 g/mol. The standard InChI is InChI=1S/2C30H21F12NP.Fe/c2*1-43(2)26(17-7-4-3-5-8-17)24-9-6-10-25(24)44(22-13-18(27(31,32)33)11-19(14-22)28(34,35)36)23-15-20(29(37,38)39)12-21(16-23)30(40,41)42;/h2*3-16,26H,1-2H3;/q2*-1;+2/t2*26-;/m11./s1. The van der Waals surface area contributed by atoms with Crippen molar-refractivity contribution in [3.63, 3.8) is 0 Å². The Bertz CT molecular complexity index is 3160. The third-order valence-corrected chi connectivity index (χ3v) is 18.2. The maximum absolute atomic E-state index is 13.9. The molecule has 0 N–H and O–H groups in total. The van der Waals surface area contributed by atoms with E-state index in [2.05, 4.69) is 0 Å². The van der Waals surface area contributed by atoms with Gasteiger partial charge in [0.05, 0.1) is 44.5 Å². The summed E-state index contributed by atoms with van der Waals surface area (Å²) in [6.07, 6.45) is -42.5. The molecular formula is C60H42F24FeN2P2. The zero-order chi connectivity index (χ0) is 65.7. The summed E-state index contributed by atoms with van der Waals surface area (Å²) in [5, 5.41) is -2.94. The molecule has 0 unspecified atom stereocenters. The Kier molecular flexibility index (Phi) is 21.3. The van der Waals surface area contributed by atoms with Gasteiger partial charge in [0.15, 0.2) is 0 Å². The summed E-state index contributed by atoms with van der Waals surface area (Å²) < 4.78 is 333. The fourth-order valence-corrected chi connectivity index (χ4v) is 14.9. The van der Waals surface area contributed by atoms with Gasteiger partial charge < -0.3 is 9.80 Å². The molecule has 0 aliphatic heterocycles. The van der Waals surface area contributed by atoms with Crippen molar-refractivity contribution in [2.24, 2.45) is 0 Å². The minimum atomic E-state index is -5.31. The van der Waals surface area contributed by atoms with E-state index in [1.54, 1.807) is 98.7 Å². The van der Waals surface area contributed by atoms with Crippen molar-refractivity contribution < 1.29 is 122 Å². The zero-order valence-electron chi connectivity index (χ0n) is 45.5. The molecule has 0 spiro atoms. The molecule has 2 nitrogen and oxygen atoms in total. The van der Waals surface area contributed by atoms with E-state index in [1.807, 2.05) is 0 Å². The molecule has 0 bridgehead atoms. The van der Waals surface area contributed by atoms with Gasteiger partial charge in [0.1, 0.15) is 0 Å². The first kappa shape index (κ1) is 71.7. The molecule has 8 aromatic rings. The minimum Gasteiger partial charge on any atom is -0.310 e. The first-order valence-electron chi connectivity index (χ1n) is 25.1. The molecule has 8 aromatic carbocycles. The fourth-order valence-electron chi connectivity index (χ4n) is 9.63. The van der Waals surface area contributed by atoms with Crippen LogP contribution in [-0.2, 0) is 66.5 Å². The predicted octanol–water partition coefficient (Wildman–Crippen LogP) is 17.8. The van der Waals surface area contributed by atoms with Crippen molar-refractivity contribution in [2.75, 3.05) is 28.2 Å². The summed E-state index contributed by atoms with van der Waals surface area (Å²) in [5.74, 6) is 0. The second-order valence-electron chi connectivity index (χ2n) is 20.0. The Morgan fingerprint density at radius 1 is 0.292 bits per heavy atom. The van der Waals surface area contributed by atoms with Crippen LogP contribution in [0.3, 0.4) is 0 Å². The number of rotatable bonds is 12. The minimum absolute atomic E-state index is 0.